The van der Waals surface area contributed by atoms with Gasteiger partial charge in [0.25, 0.3) is 11.8 Å². The van der Waals surface area contributed by atoms with E-state index in [0.717, 1.165) is 17.7 Å². The van der Waals surface area contributed by atoms with Gasteiger partial charge in [-0.2, -0.15) is 0 Å². The Bertz CT molecular complexity index is 1170. The molecule has 4 rings (SSSR count). The van der Waals surface area contributed by atoms with Crippen molar-refractivity contribution in [1.82, 2.24) is 5.16 Å². The molecule has 1 aliphatic rings. The molecule has 0 saturated heterocycles. The van der Waals surface area contributed by atoms with E-state index in [2.05, 4.69) is 10.5 Å². The fourth-order valence-corrected chi connectivity index (χ4v) is 3.63. The Hall–Kier alpha value is -3.49. The Labute approximate surface area is 189 Å². The van der Waals surface area contributed by atoms with Crippen LogP contribution in [0, 0.1) is 0 Å². The zero-order valence-electron chi connectivity index (χ0n) is 17.5. The fraction of sp³-hybridized carbons (Fsp3) is 0.217. The first-order valence-electron chi connectivity index (χ1n) is 9.83. The third-order valence-corrected chi connectivity index (χ3v) is 5.26. The Kier molecular flexibility index (Phi) is 6.34. The number of carbonyl (C=O) groups excluding carboxylic acids is 1. The van der Waals surface area contributed by atoms with Gasteiger partial charge < -0.3 is 29.2 Å². The second-order valence-corrected chi connectivity index (χ2v) is 7.42. The van der Waals surface area contributed by atoms with Crippen molar-refractivity contribution >= 4 is 34.5 Å². The number of benzene rings is 2. The molecule has 0 saturated carbocycles. The van der Waals surface area contributed by atoms with Crippen molar-refractivity contribution in [2.45, 2.75) is 6.42 Å². The highest BCUT2D eigenvalue weighted by Gasteiger charge is 2.31. The molecule has 0 fully saturated rings. The van der Waals surface area contributed by atoms with E-state index in [-0.39, 0.29) is 23.0 Å². The average molecular weight is 457 g/mol. The van der Waals surface area contributed by atoms with Crippen molar-refractivity contribution in [3.8, 4) is 22.8 Å². The predicted octanol–water partition coefficient (Wildman–Crippen LogP) is 4.80. The van der Waals surface area contributed by atoms with Crippen LogP contribution >= 0.6 is 11.6 Å². The number of aliphatic hydroxyl groups is 1. The maximum atomic E-state index is 12.6. The molecule has 0 radical (unpaired) electrons. The third-order valence-electron chi connectivity index (χ3n) is 4.95. The number of hydrogen-bond donors (Lipinski definition) is 2. The van der Waals surface area contributed by atoms with Gasteiger partial charge in [0.1, 0.15) is 5.75 Å². The topological polar surface area (TPSA) is 103 Å². The Morgan fingerprint density at radius 2 is 1.91 bits per heavy atom. The van der Waals surface area contributed by atoms with Gasteiger partial charge in [0.2, 0.25) is 5.76 Å². The van der Waals surface area contributed by atoms with Gasteiger partial charge in [0, 0.05) is 31.3 Å². The maximum Gasteiger partial charge on any atom is 0.260 e. The van der Waals surface area contributed by atoms with Crippen molar-refractivity contribution in [2.24, 2.45) is 0 Å². The molecule has 2 aromatic carbocycles. The van der Waals surface area contributed by atoms with Crippen molar-refractivity contribution in [2.75, 3.05) is 32.8 Å². The van der Waals surface area contributed by atoms with Crippen LogP contribution in [0.3, 0.4) is 0 Å². The highest BCUT2D eigenvalue weighted by Crippen LogP contribution is 2.42. The van der Waals surface area contributed by atoms with E-state index in [4.69, 9.17) is 30.3 Å². The minimum absolute atomic E-state index is 0.0197. The summed E-state index contributed by atoms with van der Waals surface area (Å²) in [6, 6.07) is 12.3. The molecule has 1 amide bonds. The minimum atomic E-state index is -0.471. The smallest absolute Gasteiger partial charge is 0.260 e. The standard InChI is InChI=1S/C23H21ClN2O6/c1-29-8-3-9-31-14-6-4-13(5-7-14)15-10-16-18(11-17(15)24)25-23(28)21(16)22(27)19-12-20(30-2)26-32-19/h4-7,10-12,27H,3,8-9H2,1-2H3,(H,25,28). The number of aliphatic hydroxyl groups excluding tert-OH is 1. The number of nitrogens with one attached hydrogen (secondary N) is 1. The van der Waals surface area contributed by atoms with Crippen LogP contribution in [-0.4, -0.2) is 43.6 Å². The number of hydrogen-bond acceptors (Lipinski definition) is 7. The molecule has 8 nitrogen and oxygen atoms in total. The van der Waals surface area contributed by atoms with Gasteiger partial charge in [-0.25, -0.2) is 0 Å². The average Bonchev–Trinajstić information content (AvgIpc) is 3.40. The van der Waals surface area contributed by atoms with Gasteiger partial charge >= 0.3 is 0 Å². The predicted molar refractivity (Wildman–Crippen MR) is 120 cm³/mol. The number of fused-ring (bicyclic) bond motifs is 1. The first-order valence-corrected chi connectivity index (χ1v) is 10.2. The molecular formula is C23H21ClN2O6. The van der Waals surface area contributed by atoms with Crippen molar-refractivity contribution in [3.63, 3.8) is 0 Å². The molecule has 1 aliphatic heterocycles. The Balaban J connectivity index is 1.66. The molecule has 32 heavy (non-hydrogen) atoms. The summed E-state index contributed by atoms with van der Waals surface area (Å²) in [6.07, 6.45) is 0.797. The first-order chi connectivity index (χ1) is 15.5. The summed E-state index contributed by atoms with van der Waals surface area (Å²) in [5, 5.41) is 17.5. The van der Waals surface area contributed by atoms with Crippen LogP contribution in [0.1, 0.15) is 17.7 Å². The van der Waals surface area contributed by atoms with Crippen molar-refractivity contribution in [1.29, 1.82) is 0 Å². The molecule has 0 atom stereocenters. The van der Waals surface area contributed by atoms with Gasteiger partial charge in [0.05, 0.1) is 36.1 Å². The van der Waals surface area contributed by atoms with Gasteiger partial charge in [-0.3, -0.25) is 4.79 Å². The second-order valence-electron chi connectivity index (χ2n) is 7.01. The maximum absolute atomic E-state index is 12.6. The molecule has 0 unspecified atom stereocenters. The van der Waals surface area contributed by atoms with Crippen LogP contribution in [0.2, 0.25) is 5.02 Å². The molecular weight excluding hydrogens is 436 g/mol. The molecule has 0 bridgehead atoms. The van der Waals surface area contributed by atoms with E-state index in [1.54, 1.807) is 19.2 Å². The summed E-state index contributed by atoms with van der Waals surface area (Å²) in [6.45, 7) is 1.19. The SMILES string of the molecule is COCCCOc1ccc(-c2cc3c(cc2Cl)NC(=O)C3=C(O)c2cc(OC)no2)cc1. The quantitative estimate of drug-likeness (QED) is 0.285. The summed E-state index contributed by atoms with van der Waals surface area (Å²) in [5.74, 6) is 0.126. The highest BCUT2D eigenvalue weighted by atomic mass is 35.5. The summed E-state index contributed by atoms with van der Waals surface area (Å²) < 4.78 is 20.8. The van der Waals surface area contributed by atoms with E-state index in [0.29, 0.717) is 35.1 Å². The molecule has 9 heteroatoms. The number of rotatable bonds is 8. The minimum Gasteiger partial charge on any atom is -0.504 e. The van der Waals surface area contributed by atoms with Gasteiger partial charge in [0.15, 0.2) is 5.76 Å². The number of halogens is 1. The van der Waals surface area contributed by atoms with Crippen LogP contribution in [-0.2, 0) is 9.53 Å². The Morgan fingerprint density at radius 3 is 2.59 bits per heavy atom. The molecule has 0 aliphatic carbocycles. The first kappa shape index (κ1) is 21.7. The van der Waals surface area contributed by atoms with Crippen LogP contribution < -0.4 is 14.8 Å². The molecule has 3 aromatic rings. The second kappa shape index (κ2) is 9.33. The van der Waals surface area contributed by atoms with E-state index < -0.39 is 5.91 Å². The lowest BCUT2D eigenvalue weighted by atomic mass is 9.98. The van der Waals surface area contributed by atoms with E-state index in [9.17, 15) is 9.90 Å². The van der Waals surface area contributed by atoms with Crippen molar-refractivity contribution < 1.29 is 28.6 Å². The van der Waals surface area contributed by atoms with E-state index >= 15 is 0 Å². The fourth-order valence-electron chi connectivity index (χ4n) is 3.36. The largest absolute Gasteiger partial charge is 0.504 e. The number of methoxy groups -OCH3 is 2. The van der Waals surface area contributed by atoms with Crippen LogP contribution in [0.25, 0.3) is 22.5 Å². The molecule has 2 heterocycles. The molecule has 2 N–H and O–H groups in total. The lowest BCUT2D eigenvalue weighted by Gasteiger charge is -2.10. The number of aromatic nitrogens is 1. The molecule has 166 valence electrons. The van der Waals surface area contributed by atoms with E-state index in [1.807, 2.05) is 24.3 Å². The normalized spacial score (nSPS) is 14.2. The number of carbonyl (C=O) groups is 1. The lowest BCUT2D eigenvalue weighted by molar-refractivity contribution is -0.110. The number of ether oxygens (including phenoxy) is 3. The summed E-state index contributed by atoms with van der Waals surface area (Å²) >= 11 is 6.49. The number of nitrogens with zero attached hydrogens (tertiary/aromatic N) is 1. The number of anilines is 1. The molecule has 1 aromatic heterocycles. The van der Waals surface area contributed by atoms with Gasteiger partial charge in [-0.1, -0.05) is 23.7 Å². The summed E-state index contributed by atoms with van der Waals surface area (Å²) in [7, 11) is 3.08. The third kappa shape index (κ3) is 4.28. The zero-order chi connectivity index (χ0) is 22.7. The Morgan fingerprint density at radius 1 is 1.12 bits per heavy atom. The molecule has 0 spiro atoms. The van der Waals surface area contributed by atoms with E-state index in [1.165, 1.54) is 13.2 Å². The van der Waals surface area contributed by atoms with Crippen molar-refractivity contribution in [3.05, 3.63) is 58.8 Å². The monoisotopic (exact) mass is 456 g/mol. The van der Waals surface area contributed by atoms with Crippen LogP contribution in [0.15, 0.2) is 47.0 Å². The van der Waals surface area contributed by atoms with Gasteiger partial charge in [-0.15, -0.1) is 0 Å². The summed E-state index contributed by atoms with van der Waals surface area (Å²) in [5.41, 5.74) is 2.60. The summed E-state index contributed by atoms with van der Waals surface area (Å²) in [4.78, 5) is 12.6. The zero-order valence-corrected chi connectivity index (χ0v) is 18.2. The number of amides is 1. The van der Waals surface area contributed by atoms with Gasteiger partial charge in [-0.05, 0) is 35.0 Å². The van der Waals surface area contributed by atoms with Crippen LogP contribution in [0.4, 0.5) is 5.69 Å². The van der Waals surface area contributed by atoms with Crippen LogP contribution in [0.5, 0.6) is 11.6 Å². The lowest BCUT2D eigenvalue weighted by Crippen LogP contribution is -2.05. The highest BCUT2D eigenvalue weighted by molar-refractivity contribution is 6.38.